The minimum atomic E-state index is -1.03. The third kappa shape index (κ3) is 7.84. The molecular weight excluding hydrogens is 354 g/mol. The number of carbonyl (C=O) groups is 1. The van der Waals surface area contributed by atoms with Gasteiger partial charge in [0.2, 0.25) is 0 Å². The van der Waals surface area contributed by atoms with Crippen molar-refractivity contribution in [2.24, 2.45) is 5.92 Å². The predicted octanol–water partition coefficient (Wildman–Crippen LogP) is 4.76. The molecule has 1 amide bonds. The largest absolute Gasteiger partial charge is 0.489 e. The van der Waals surface area contributed by atoms with Crippen LogP contribution in [0.2, 0.25) is 0 Å². The lowest BCUT2D eigenvalue weighted by atomic mass is 10.1. The summed E-state index contributed by atoms with van der Waals surface area (Å²) in [4.78, 5) is 11.7. The molecule has 0 aliphatic rings. The zero-order valence-corrected chi connectivity index (χ0v) is 16.9. The summed E-state index contributed by atoms with van der Waals surface area (Å²) >= 11 is 0. The monoisotopic (exact) mass is 383 g/mol. The fraction of sp³-hybridized carbons (Fsp3) is 0.348. The van der Waals surface area contributed by atoms with Crippen LogP contribution >= 0.6 is 0 Å². The number of alkyl carbamates (subject to hydrolysis) is 1. The van der Waals surface area contributed by atoms with Gasteiger partial charge < -0.3 is 14.6 Å². The first-order valence-electron chi connectivity index (χ1n) is 9.35. The van der Waals surface area contributed by atoms with Gasteiger partial charge in [-0.3, -0.25) is 5.32 Å². The second-order valence-electron chi connectivity index (χ2n) is 7.65. The average Bonchev–Trinajstić information content (AvgIpc) is 2.64. The number of hydrogen-bond donors (Lipinski definition) is 2. The average molecular weight is 383 g/mol. The van der Waals surface area contributed by atoms with Crippen molar-refractivity contribution in [2.45, 2.75) is 46.1 Å². The number of benzene rings is 2. The Morgan fingerprint density at radius 1 is 1.11 bits per heavy atom. The maximum absolute atomic E-state index is 11.7. The number of ether oxygens (including phenoxy) is 2. The molecule has 0 spiro atoms. The van der Waals surface area contributed by atoms with Crippen LogP contribution in [0.1, 0.15) is 38.8 Å². The molecule has 150 valence electrons. The van der Waals surface area contributed by atoms with Crippen LogP contribution < -0.4 is 10.1 Å². The van der Waals surface area contributed by atoms with E-state index in [1.54, 1.807) is 20.8 Å². The molecule has 2 atom stereocenters. The van der Waals surface area contributed by atoms with E-state index in [1.165, 1.54) is 0 Å². The lowest BCUT2D eigenvalue weighted by Crippen LogP contribution is -2.41. The second kappa shape index (κ2) is 9.95. The summed E-state index contributed by atoms with van der Waals surface area (Å²) in [6, 6.07) is 17.7. The molecule has 0 aliphatic carbocycles. The van der Waals surface area contributed by atoms with E-state index < -0.39 is 17.9 Å². The first kappa shape index (κ1) is 21.5. The quantitative estimate of drug-likeness (QED) is 0.677. The van der Waals surface area contributed by atoms with Crippen molar-refractivity contribution in [1.82, 2.24) is 5.32 Å². The van der Waals surface area contributed by atoms with E-state index >= 15 is 0 Å². The summed E-state index contributed by atoms with van der Waals surface area (Å²) in [5.41, 5.74) is 1.49. The lowest BCUT2D eigenvalue weighted by Gasteiger charge is -2.23. The molecule has 2 aromatic carbocycles. The van der Waals surface area contributed by atoms with E-state index in [0.717, 1.165) is 16.9 Å². The van der Waals surface area contributed by atoms with Crippen LogP contribution in [0.25, 0.3) is 6.08 Å². The molecule has 0 aliphatic heterocycles. The normalized spacial score (nSPS) is 13.8. The van der Waals surface area contributed by atoms with Crippen LogP contribution in [-0.4, -0.2) is 23.0 Å². The second-order valence-corrected chi connectivity index (χ2v) is 7.65. The highest BCUT2D eigenvalue weighted by Gasteiger charge is 2.20. The highest BCUT2D eigenvalue weighted by atomic mass is 16.6. The van der Waals surface area contributed by atoms with Gasteiger partial charge in [-0.15, -0.1) is 0 Å². The van der Waals surface area contributed by atoms with Gasteiger partial charge >= 0.3 is 6.09 Å². The third-order valence-corrected chi connectivity index (χ3v) is 3.88. The molecule has 5 heteroatoms. The van der Waals surface area contributed by atoms with E-state index in [9.17, 15) is 9.90 Å². The zero-order chi connectivity index (χ0) is 20.6. The maximum Gasteiger partial charge on any atom is 0.409 e. The van der Waals surface area contributed by atoms with E-state index in [4.69, 9.17) is 9.47 Å². The molecule has 2 aromatic rings. The molecule has 28 heavy (non-hydrogen) atoms. The van der Waals surface area contributed by atoms with Crippen molar-refractivity contribution in [1.29, 1.82) is 0 Å². The van der Waals surface area contributed by atoms with Gasteiger partial charge in [0.05, 0.1) is 0 Å². The Balaban J connectivity index is 1.83. The molecule has 2 rings (SSSR count). The Hall–Kier alpha value is -2.79. The van der Waals surface area contributed by atoms with Crippen LogP contribution in [0.5, 0.6) is 5.75 Å². The van der Waals surface area contributed by atoms with Gasteiger partial charge in [-0.2, -0.15) is 0 Å². The Kier molecular flexibility index (Phi) is 7.64. The van der Waals surface area contributed by atoms with E-state index in [2.05, 4.69) is 5.32 Å². The number of aliphatic hydroxyl groups is 1. The summed E-state index contributed by atoms with van der Waals surface area (Å²) < 4.78 is 10.9. The highest BCUT2D eigenvalue weighted by molar-refractivity contribution is 5.68. The van der Waals surface area contributed by atoms with Gasteiger partial charge in [-0.1, -0.05) is 61.5 Å². The first-order valence-corrected chi connectivity index (χ1v) is 9.35. The SMILES string of the molecule is C[C@H](C=Cc1ccc(OCc2ccccc2)cc1)C(O)NC(=O)OC(C)(C)C. The zero-order valence-electron chi connectivity index (χ0n) is 16.9. The fourth-order valence-electron chi connectivity index (χ4n) is 2.34. The standard InChI is InChI=1S/C23H29NO4/c1-17(21(25)24-22(26)28-23(2,3)4)10-11-18-12-14-20(15-13-18)27-16-19-8-6-5-7-9-19/h5-15,17,21,25H,16H2,1-4H3,(H,24,26)/t17-,21?/m1/s1. The Morgan fingerprint density at radius 3 is 2.36 bits per heavy atom. The van der Waals surface area contributed by atoms with Crippen LogP contribution in [0.4, 0.5) is 4.79 Å². The molecule has 0 saturated heterocycles. The number of nitrogens with one attached hydrogen (secondary N) is 1. The van der Waals surface area contributed by atoms with Crippen LogP contribution in [-0.2, 0) is 11.3 Å². The van der Waals surface area contributed by atoms with Gasteiger partial charge in [-0.05, 0) is 44.0 Å². The van der Waals surface area contributed by atoms with Gasteiger partial charge in [-0.25, -0.2) is 4.79 Å². The minimum Gasteiger partial charge on any atom is -0.489 e. The minimum absolute atomic E-state index is 0.276. The van der Waals surface area contributed by atoms with E-state index in [1.807, 2.05) is 73.7 Å². The van der Waals surface area contributed by atoms with Gasteiger partial charge in [0.15, 0.2) is 0 Å². The molecule has 0 fully saturated rings. The smallest absolute Gasteiger partial charge is 0.409 e. The number of rotatable bonds is 7. The Bertz CT molecular complexity index is 763. The first-order chi connectivity index (χ1) is 13.2. The van der Waals surface area contributed by atoms with Gasteiger partial charge in [0.25, 0.3) is 0 Å². The summed E-state index contributed by atoms with van der Waals surface area (Å²) in [6.45, 7) is 7.66. The molecular formula is C23H29NO4. The predicted molar refractivity (Wildman–Crippen MR) is 111 cm³/mol. The molecule has 0 radical (unpaired) electrons. The van der Waals surface area contributed by atoms with Crippen LogP contribution in [0.15, 0.2) is 60.7 Å². The van der Waals surface area contributed by atoms with Crippen molar-refractivity contribution < 1.29 is 19.4 Å². The Labute approximate surface area is 167 Å². The molecule has 2 N–H and O–H groups in total. The summed E-state index contributed by atoms with van der Waals surface area (Å²) in [5, 5.41) is 12.5. The fourth-order valence-corrected chi connectivity index (χ4v) is 2.34. The summed E-state index contributed by atoms with van der Waals surface area (Å²) in [6.07, 6.45) is 2.06. The molecule has 0 aromatic heterocycles. The summed E-state index contributed by atoms with van der Waals surface area (Å²) in [7, 11) is 0. The van der Waals surface area contributed by atoms with Gasteiger partial charge in [0, 0.05) is 5.92 Å². The number of hydrogen-bond acceptors (Lipinski definition) is 4. The van der Waals surface area contributed by atoms with Gasteiger partial charge in [0.1, 0.15) is 24.2 Å². The van der Waals surface area contributed by atoms with Crippen molar-refractivity contribution in [3.8, 4) is 5.75 Å². The number of carbonyl (C=O) groups excluding carboxylic acids is 1. The van der Waals surface area contributed by atoms with Crippen LogP contribution in [0.3, 0.4) is 0 Å². The van der Waals surface area contributed by atoms with E-state index in [-0.39, 0.29) is 5.92 Å². The molecule has 1 unspecified atom stereocenters. The van der Waals surface area contributed by atoms with Crippen molar-refractivity contribution in [2.75, 3.05) is 0 Å². The van der Waals surface area contributed by atoms with E-state index in [0.29, 0.717) is 6.61 Å². The maximum atomic E-state index is 11.7. The topological polar surface area (TPSA) is 67.8 Å². The molecule has 0 saturated carbocycles. The highest BCUT2D eigenvalue weighted by Crippen LogP contribution is 2.16. The van der Waals surface area contributed by atoms with Crippen LogP contribution in [0, 0.1) is 5.92 Å². The number of amides is 1. The number of aliphatic hydroxyl groups excluding tert-OH is 1. The lowest BCUT2D eigenvalue weighted by molar-refractivity contribution is 0.0294. The van der Waals surface area contributed by atoms with Crippen molar-refractivity contribution in [3.05, 3.63) is 71.8 Å². The van der Waals surface area contributed by atoms with Crippen molar-refractivity contribution in [3.63, 3.8) is 0 Å². The van der Waals surface area contributed by atoms with Crippen molar-refractivity contribution >= 4 is 12.2 Å². The summed E-state index contributed by atoms with van der Waals surface area (Å²) in [5.74, 6) is 0.516. The molecule has 0 heterocycles. The molecule has 0 bridgehead atoms. The third-order valence-electron chi connectivity index (χ3n) is 3.88. The Morgan fingerprint density at radius 2 is 1.75 bits per heavy atom. The molecule has 5 nitrogen and oxygen atoms in total.